The molecule has 1 rings (SSSR count). The SMILES string of the molecule is CCOC(=O)c1cc(SC)ccc1CC(F)(F)F. The lowest BCUT2D eigenvalue weighted by molar-refractivity contribution is -0.127. The Morgan fingerprint density at radius 3 is 2.56 bits per heavy atom. The van der Waals surface area contributed by atoms with Crippen LogP contribution in [0.1, 0.15) is 22.8 Å². The molecule has 2 nitrogen and oxygen atoms in total. The largest absolute Gasteiger partial charge is 0.462 e. The van der Waals surface area contributed by atoms with Crippen LogP contribution in [0.4, 0.5) is 13.2 Å². The van der Waals surface area contributed by atoms with Gasteiger partial charge in [-0.3, -0.25) is 0 Å². The molecule has 0 unspecified atom stereocenters. The fourth-order valence-corrected chi connectivity index (χ4v) is 1.89. The molecule has 100 valence electrons. The maximum Gasteiger partial charge on any atom is 0.393 e. The van der Waals surface area contributed by atoms with Gasteiger partial charge in [0.25, 0.3) is 0 Å². The number of halogens is 3. The van der Waals surface area contributed by atoms with Gasteiger partial charge in [0.2, 0.25) is 0 Å². The lowest BCUT2D eigenvalue weighted by Gasteiger charge is -2.12. The van der Waals surface area contributed by atoms with Gasteiger partial charge in [-0.1, -0.05) is 6.07 Å². The van der Waals surface area contributed by atoms with Gasteiger partial charge in [-0.05, 0) is 30.9 Å². The van der Waals surface area contributed by atoms with E-state index in [2.05, 4.69) is 0 Å². The van der Waals surface area contributed by atoms with E-state index in [1.165, 1.54) is 23.9 Å². The van der Waals surface area contributed by atoms with Gasteiger partial charge in [0.15, 0.2) is 0 Å². The van der Waals surface area contributed by atoms with Crippen molar-refractivity contribution in [3.8, 4) is 0 Å². The third-order valence-corrected chi connectivity index (χ3v) is 2.93. The Morgan fingerprint density at radius 2 is 2.06 bits per heavy atom. The highest BCUT2D eigenvalue weighted by Crippen LogP contribution is 2.26. The number of rotatable bonds is 4. The molecule has 0 aromatic heterocycles. The number of alkyl halides is 3. The lowest BCUT2D eigenvalue weighted by Crippen LogP contribution is -2.16. The molecule has 0 aliphatic heterocycles. The van der Waals surface area contributed by atoms with Gasteiger partial charge < -0.3 is 4.74 Å². The maximum absolute atomic E-state index is 12.4. The summed E-state index contributed by atoms with van der Waals surface area (Å²) in [5.41, 5.74) is -0.0697. The van der Waals surface area contributed by atoms with Gasteiger partial charge in [0.1, 0.15) is 0 Å². The summed E-state index contributed by atoms with van der Waals surface area (Å²) >= 11 is 1.36. The van der Waals surface area contributed by atoms with Crippen molar-refractivity contribution in [3.05, 3.63) is 29.3 Å². The summed E-state index contributed by atoms with van der Waals surface area (Å²) in [6.45, 7) is 1.74. The molecule has 0 radical (unpaired) electrons. The molecule has 0 aliphatic carbocycles. The fraction of sp³-hybridized carbons (Fsp3) is 0.417. The zero-order valence-electron chi connectivity index (χ0n) is 10.0. The highest BCUT2D eigenvalue weighted by atomic mass is 32.2. The van der Waals surface area contributed by atoms with Crippen molar-refractivity contribution in [1.29, 1.82) is 0 Å². The Labute approximate surface area is 108 Å². The molecule has 1 aromatic carbocycles. The molecule has 6 heteroatoms. The van der Waals surface area contributed by atoms with Gasteiger partial charge >= 0.3 is 12.1 Å². The zero-order valence-corrected chi connectivity index (χ0v) is 10.8. The third-order valence-electron chi connectivity index (χ3n) is 2.20. The van der Waals surface area contributed by atoms with Crippen LogP contribution in [0.15, 0.2) is 23.1 Å². The highest BCUT2D eigenvalue weighted by molar-refractivity contribution is 7.98. The molecule has 0 bridgehead atoms. The van der Waals surface area contributed by atoms with Crippen molar-refractivity contribution in [2.75, 3.05) is 12.9 Å². The second-order valence-corrected chi connectivity index (χ2v) is 4.42. The van der Waals surface area contributed by atoms with E-state index in [9.17, 15) is 18.0 Å². The second kappa shape index (κ2) is 6.13. The number of hydrogen-bond donors (Lipinski definition) is 0. The average molecular weight is 278 g/mol. The van der Waals surface area contributed by atoms with E-state index in [-0.39, 0.29) is 17.7 Å². The first-order chi connectivity index (χ1) is 8.37. The van der Waals surface area contributed by atoms with Crippen LogP contribution in [0.25, 0.3) is 0 Å². The standard InChI is InChI=1S/C12H13F3O2S/c1-3-17-11(16)10-6-9(18-2)5-4-8(10)7-12(13,14)15/h4-6H,3,7H2,1-2H3. The molecular weight excluding hydrogens is 265 g/mol. The highest BCUT2D eigenvalue weighted by Gasteiger charge is 2.30. The predicted molar refractivity (Wildman–Crippen MR) is 63.9 cm³/mol. The number of carbonyl (C=O) groups is 1. The first-order valence-electron chi connectivity index (χ1n) is 5.28. The molecule has 0 N–H and O–H groups in total. The van der Waals surface area contributed by atoms with Crippen molar-refractivity contribution >= 4 is 17.7 Å². The van der Waals surface area contributed by atoms with E-state index in [4.69, 9.17) is 4.74 Å². The van der Waals surface area contributed by atoms with E-state index in [0.717, 1.165) is 4.90 Å². The van der Waals surface area contributed by atoms with Crippen molar-refractivity contribution in [2.45, 2.75) is 24.4 Å². The third kappa shape index (κ3) is 4.25. The first kappa shape index (κ1) is 14.9. The lowest BCUT2D eigenvalue weighted by atomic mass is 10.0. The first-order valence-corrected chi connectivity index (χ1v) is 6.50. The number of carbonyl (C=O) groups excluding carboxylic acids is 1. The number of benzene rings is 1. The summed E-state index contributed by atoms with van der Waals surface area (Å²) in [6.07, 6.45) is -3.69. The van der Waals surface area contributed by atoms with Crippen LogP contribution in [-0.4, -0.2) is 25.0 Å². The van der Waals surface area contributed by atoms with E-state index in [1.807, 2.05) is 0 Å². The molecule has 1 aromatic rings. The molecule has 18 heavy (non-hydrogen) atoms. The summed E-state index contributed by atoms with van der Waals surface area (Å²) < 4.78 is 42.0. The Kier molecular flexibility index (Phi) is 5.07. The number of hydrogen-bond acceptors (Lipinski definition) is 3. The molecule has 0 heterocycles. The van der Waals surface area contributed by atoms with Crippen molar-refractivity contribution in [2.24, 2.45) is 0 Å². The minimum absolute atomic E-state index is 0.0129. The van der Waals surface area contributed by atoms with Crippen LogP contribution in [0.5, 0.6) is 0 Å². The molecular formula is C12H13F3O2S. The number of ether oxygens (including phenoxy) is 1. The molecule has 0 spiro atoms. The summed E-state index contributed by atoms with van der Waals surface area (Å²) in [7, 11) is 0. The van der Waals surface area contributed by atoms with Gasteiger partial charge in [0.05, 0.1) is 18.6 Å². The molecule has 0 aliphatic rings. The van der Waals surface area contributed by atoms with Crippen LogP contribution in [0.3, 0.4) is 0 Å². The van der Waals surface area contributed by atoms with Crippen LogP contribution >= 0.6 is 11.8 Å². The Morgan fingerprint density at radius 1 is 1.39 bits per heavy atom. The average Bonchev–Trinajstić information content (AvgIpc) is 2.27. The summed E-state index contributed by atoms with van der Waals surface area (Å²) in [5.74, 6) is -0.715. The Hall–Kier alpha value is -1.17. The number of esters is 1. The minimum Gasteiger partial charge on any atom is -0.462 e. The zero-order chi connectivity index (χ0) is 13.8. The van der Waals surface area contributed by atoms with Crippen LogP contribution in [0, 0.1) is 0 Å². The van der Waals surface area contributed by atoms with Crippen LogP contribution in [0.2, 0.25) is 0 Å². The van der Waals surface area contributed by atoms with Crippen molar-refractivity contribution < 1.29 is 22.7 Å². The maximum atomic E-state index is 12.4. The Balaban J connectivity index is 3.12. The Bertz CT molecular complexity index is 430. The van der Waals surface area contributed by atoms with E-state index in [1.54, 1.807) is 19.2 Å². The smallest absolute Gasteiger partial charge is 0.393 e. The summed E-state index contributed by atoms with van der Waals surface area (Å²) in [6, 6.07) is 4.32. The van der Waals surface area contributed by atoms with E-state index >= 15 is 0 Å². The van der Waals surface area contributed by atoms with Crippen molar-refractivity contribution in [3.63, 3.8) is 0 Å². The van der Waals surface area contributed by atoms with Gasteiger partial charge in [0, 0.05) is 4.90 Å². The van der Waals surface area contributed by atoms with Gasteiger partial charge in [-0.2, -0.15) is 13.2 Å². The normalized spacial score (nSPS) is 11.4. The monoisotopic (exact) mass is 278 g/mol. The molecule has 0 saturated heterocycles. The molecule has 0 atom stereocenters. The predicted octanol–water partition coefficient (Wildman–Crippen LogP) is 3.69. The fourth-order valence-electron chi connectivity index (χ4n) is 1.45. The van der Waals surface area contributed by atoms with Crippen LogP contribution < -0.4 is 0 Å². The second-order valence-electron chi connectivity index (χ2n) is 3.54. The van der Waals surface area contributed by atoms with E-state index in [0.29, 0.717) is 0 Å². The summed E-state index contributed by atoms with van der Waals surface area (Å²) in [4.78, 5) is 12.3. The molecule has 0 saturated carbocycles. The van der Waals surface area contributed by atoms with Gasteiger partial charge in [-0.15, -0.1) is 11.8 Å². The van der Waals surface area contributed by atoms with Crippen molar-refractivity contribution in [1.82, 2.24) is 0 Å². The molecule has 0 fully saturated rings. The minimum atomic E-state index is -4.35. The number of thioether (sulfide) groups is 1. The quantitative estimate of drug-likeness (QED) is 0.620. The van der Waals surface area contributed by atoms with Crippen LogP contribution in [-0.2, 0) is 11.2 Å². The topological polar surface area (TPSA) is 26.3 Å². The van der Waals surface area contributed by atoms with Gasteiger partial charge in [-0.25, -0.2) is 4.79 Å². The summed E-state index contributed by atoms with van der Waals surface area (Å²) in [5, 5.41) is 0. The molecule has 0 amide bonds. The van der Waals surface area contributed by atoms with E-state index < -0.39 is 18.6 Å².